The third-order valence-corrected chi connectivity index (χ3v) is 2.71. The van der Waals surface area contributed by atoms with Crippen LogP contribution in [0, 0.1) is 0 Å². The van der Waals surface area contributed by atoms with Crippen molar-refractivity contribution in [3.63, 3.8) is 0 Å². The molecule has 6 heteroatoms. The summed E-state index contributed by atoms with van der Waals surface area (Å²) in [6, 6.07) is 5.63. The van der Waals surface area contributed by atoms with E-state index >= 15 is 0 Å². The van der Waals surface area contributed by atoms with Gasteiger partial charge in [-0.1, -0.05) is 6.07 Å². The molecule has 0 radical (unpaired) electrons. The molecule has 1 aliphatic rings. The molecule has 1 fully saturated rings. The summed E-state index contributed by atoms with van der Waals surface area (Å²) in [5, 5.41) is 15.7. The van der Waals surface area contributed by atoms with E-state index in [2.05, 4.69) is 25.7 Å². The summed E-state index contributed by atoms with van der Waals surface area (Å²) < 4.78 is 0. The van der Waals surface area contributed by atoms with Crippen LogP contribution in [0.3, 0.4) is 0 Å². The van der Waals surface area contributed by atoms with Gasteiger partial charge < -0.3 is 5.32 Å². The van der Waals surface area contributed by atoms with Gasteiger partial charge in [-0.05, 0) is 30.3 Å². The average Bonchev–Trinajstić information content (AvgIpc) is 3.01. The highest BCUT2D eigenvalue weighted by Crippen LogP contribution is 2.17. The fraction of sp³-hybridized carbons (Fsp3) is 0.400. The van der Waals surface area contributed by atoms with Gasteiger partial charge in [0.25, 0.3) is 0 Å². The van der Waals surface area contributed by atoms with E-state index in [1.807, 2.05) is 18.2 Å². The maximum atomic E-state index is 4.35. The van der Waals surface area contributed by atoms with Gasteiger partial charge in [-0.25, -0.2) is 4.98 Å². The first-order valence-corrected chi connectivity index (χ1v) is 5.35. The van der Waals surface area contributed by atoms with Crippen LogP contribution in [0.5, 0.6) is 0 Å². The fourth-order valence-corrected chi connectivity index (χ4v) is 1.83. The Hall–Kier alpha value is -1.82. The monoisotopic (exact) mass is 216 g/mol. The Morgan fingerprint density at radius 1 is 1.38 bits per heavy atom. The zero-order chi connectivity index (χ0) is 10.8. The van der Waals surface area contributed by atoms with Crippen LogP contribution in [0.4, 0.5) is 0 Å². The molecule has 1 saturated heterocycles. The van der Waals surface area contributed by atoms with E-state index in [9.17, 15) is 0 Å². The first-order valence-electron chi connectivity index (χ1n) is 5.35. The molecular weight excluding hydrogens is 204 g/mol. The van der Waals surface area contributed by atoms with Crippen molar-refractivity contribution in [2.75, 3.05) is 13.1 Å². The Labute approximate surface area is 92.7 Å². The second-order valence-corrected chi connectivity index (χ2v) is 3.81. The molecule has 0 bridgehead atoms. The molecule has 1 N–H and O–H groups in total. The van der Waals surface area contributed by atoms with Gasteiger partial charge in [0.15, 0.2) is 11.6 Å². The molecule has 1 aliphatic heterocycles. The Morgan fingerprint density at radius 2 is 2.38 bits per heavy atom. The SMILES string of the molecule is c1ccc(-n2nnc(C3CCNC3)n2)nc1. The number of hydrogen-bond acceptors (Lipinski definition) is 5. The molecule has 6 nitrogen and oxygen atoms in total. The van der Waals surface area contributed by atoms with Gasteiger partial charge >= 0.3 is 0 Å². The van der Waals surface area contributed by atoms with E-state index in [1.54, 1.807) is 6.20 Å². The zero-order valence-corrected chi connectivity index (χ0v) is 8.74. The molecule has 3 heterocycles. The van der Waals surface area contributed by atoms with Crippen molar-refractivity contribution in [2.24, 2.45) is 0 Å². The Bertz CT molecular complexity index is 459. The van der Waals surface area contributed by atoms with Gasteiger partial charge in [0.05, 0.1) is 0 Å². The highest BCUT2D eigenvalue weighted by atomic mass is 15.6. The standard InChI is InChI=1S/C10H12N6/c1-2-5-12-9(3-1)16-14-10(13-15-16)8-4-6-11-7-8/h1-3,5,8,11H,4,6-7H2. The Kier molecular flexibility index (Phi) is 2.34. The van der Waals surface area contributed by atoms with Crippen molar-refractivity contribution in [3.8, 4) is 5.82 Å². The minimum atomic E-state index is 0.387. The molecule has 82 valence electrons. The second-order valence-electron chi connectivity index (χ2n) is 3.81. The number of rotatable bonds is 2. The summed E-state index contributed by atoms with van der Waals surface area (Å²) in [7, 11) is 0. The number of tetrazole rings is 1. The molecule has 0 spiro atoms. The Balaban J connectivity index is 1.87. The number of pyridine rings is 1. The summed E-state index contributed by atoms with van der Waals surface area (Å²) in [4.78, 5) is 5.65. The van der Waals surface area contributed by atoms with Crippen molar-refractivity contribution < 1.29 is 0 Å². The van der Waals surface area contributed by atoms with Crippen LogP contribution in [-0.2, 0) is 0 Å². The predicted molar refractivity (Wildman–Crippen MR) is 57.2 cm³/mol. The Morgan fingerprint density at radius 3 is 3.12 bits per heavy atom. The minimum absolute atomic E-state index is 0.387. The molecule has 3 rings (SSSR count). The van der Waals surface area contributed by atoms with Crippen LogP contribution in [-0.4, -0.2) is 38.3 Å². The molecule has 1 atom stereocenters. The second kappa shape index (κ2) is 3.97. The van der Waals surface area contributed by atoms with Crippen molar-refractivity contribution in [2.45, 2.75) is 12.3 Å². The van der Waals surface area contributed by atoms with Crippen LogP contribution >= 0.6 is 0 Å². The molecule has 0 amide bonds. The maximum Gasteiger partial charge on any atom is 0.179 e. The fourth-order valence-electron chi connectivity index (χ4n) is 1.83. The highest BCUT2D eigenvalue weighted by Gasteiger charge is 2.21. The van der Waals surface area contributed by atoms with E-state index in [1.165, 1.54) is 4.80 Å². The largest absolute Gasteiger partial charge is 0.316 e. The normalized spacial score (nSPS) is 20.1. The van der Waals surface area contributed by atoms with Crippen LogP contribution in [0.25, 0.3) is 5.82 Å². The van der Waals surface area contributed by atoms with Gasteiger partial charge in [0.1, 0.15) is 0 Å². The van der Waals surface area contributed by atoms with E-state index in [0.717, 1.165) is 25.3 Å². The predicted octanol–water partition coefficient (Wildman–Crippen LogP) is 0.134. The number of nitrogens with one attached hydrogen (secondary N) is 1. The van der Waals surface area contributed by atoms with Crippen molar-refractivity contribution >= 4 is 0 Å². The average molecular weight is 216 g/mol. The zero-order valence-electron chi connectivity index (χ0n) is 8.74. The smallest absolute Gasteiger partial charge is 0.179 e. The summed E-state index contributed by atoms with van der Waals surface area (Å²) in [5.74, 6) is 1.89. The van der Waals surface area contributed by atoms with Gasteiger partial charge in [-0.15, -0.1) is 15.0 Å². The third kappa shape index (κ3) is 1.67. The summed E-state index contributed by atoms with van der Waals surface area (Å²) >= 11 is 0. The molecule has 16 heavy (non-hydrogen) atoms. The van der Waals surface area contributed by atoms with E-state index < -0.39 is 0 Å². The van der Waals surface area contributed by atoms with Crippen molar-refractivity contribution in [3.05, 3.63) is 30.2 Å². The van der Waals surface area contributed by atoms with E-state index in [4.69, 9.17) is 0 Å². The van der Waals surface area contributed by atoms with E-state index in [-0.39, 0.29) is 0 Å². The lowest BCUT2D eigenvalue weighted by Gasteiger charge is -1.99. The lowest BCUT2D eigenvalue weighted by Crippen LogP contribution is -2.09. The quantitative estimate of drug-likeness (QED) is 0.773. The third-order valence-electron chi connectivity index (χ3n) is 2.71. The van der Waals surface area contributed by atoms with Crippen LogP contribution < -0.4 is 5.32 Å². The molecule has 2 aromatic heterocycles. The number of aromatic nitrogens is 5. The first kappa shape index (κ1) is 9.41. The van der Waals surface area contributed by atoms with Crippen LogP contribution in [0.2, 0.25) is 0 Å². The lowest BCUT2D eigenvalue weighted by molar-refractivity contribution is 0.679. The van der Waals surface area contributed by atoms with Crippen LogP contribution in [0.1, 0.15) is 18.2 Å². The first-order chi connectivity index (χ1) is 7.93. The molecular formula is C10H12N6. The number of nitrogens with zero attached hydrogens (tertiary/aromatic N) is 5. The van der Waals surface area contributed by atoms with Gasteiger partial charge in [0.2, 0.25) is 0 Å². The summed E-state index contributed by atoms with van der Waals surface area (Å²) in [5.41, 5.74) is 0. The lowest BCUT2D eigenvalue weighted by atomic mass is 10.1. The number of hydrogen-bond donors (Lipinski definition) is 1. The topological polar surface area (TPSA) is 68.5 Å². The summed E-state index contributed by atoms with van der Waals surface area (Å²) in [6.45, 7) is 1.97. The minimum Gasteiger partial charge on any atom is -0.316 e. The summed E-state index contributed by atoms with van der Waals surface area (Å²) in [6.07, 6.45) is 2.80. The molecule has 1 unspecified atom stereocenters. The molecule has 0 aromatic carbocycles. The molecule has 0 saturated carbocycles. The maximum absolute atomic E-state index is 4.35. The van der Waals surface area contributed by atoms with Gasteiger partial charge in [0, 0.05) is 18.7 Å². The molecule has 0 aliphatic carbocycles. The van der Waals surface area contributed by atoms with Crippen LogP contribution in [0.15, 0.2) is 24.4 Å². The van der Waals surface area contributed by atoms with Gasteiger partial charge in [-0.2, -0.15) is 0 Å². The van der Waals surface area contributed by atoms with Crippen molar-refractivity contribution in [1.82, 2.24) is 30.5 Å². The van der Waals surface area contributed by atoms with Crippen molar-refractivity contribution in [1.29, 1.82) is 0 Å². The molecule has 2 aromatic rings. The van der Waals surface area contributed by atoms with E-state index in [0.29, 0.717) is 11.7 Å². The highest BCUT2D eigenvalue weighted by molar-refractivity contribution is 5.17. The van der Waals surface area contributed by atoms with Gasteiger partial charge in [-0.3, -0.25) is 0 Å².